The number of amides is 1. The highest BCUT2D eigenvalue weighted by Crippen LogP contribution is 2.17. The minimum absolute atomic E-state index is 0.0768. The Morgan fingerprint density at radius 1 is 1.24 bits per heavy atom. The zero-order valence-electron chi connectivity index (χ0n) is 12.6. The van der Waals surface area contributed by atoms with Crippen LogP contribution in [0, 0.1) is 0 Å². The first-order valence-corrected chi connectivity index (χ1v) is 6.88. The lowest BCUT2D eigenvalue weighted by Gasteiger charge is -2.15. The van der Waals surface area contributed by atoms with Gasteiger partial charge in [0.05, 0.1) is 24.4 Å². The number of rotatable bonds is 5. The highest BCUT2D eigenvalue weighted by molar-refractivity contribution is 5.78. The monoisotopic (exact) mass is 284 g/mol. The van der Waals surface area contributed by atoms with Crippen molar-refractivity contribution in [3.05, 3.63) is 54.1 Å². The number of carbonyl (C=O) groups excluding carboxylic acids is 1. The van der Waals surface area contributed by atoms with E-state index >= 15 is 0 Å². The van der Waals surface area contributed by atoms with Crippen molar-refractivity contribution in [1.82, 2.24) is 14.9 Å². The van der Waals surface area contributed by atoms with Crippen LogP contribution >= 0.6 is 0 Å². The summed E-state index contributed by atoms with van der Waals surface area (Å²) in [4.78, 5) is 21.6. The fourth-order valence-electron chi connectivity index (χ4n) is 1.91. The van der Waals surface area contributed by atoms with E-state index in [-0.39, 0.29) is 11.9 Å². The maximum atomic E-state index is 11.7. The van der Waals surface area contributed by atoms with E-state index in [1.165, 1.54) is 0 Å². The lowest BCUT2D eigenvalue weighted by atomic mass is 10.1. The summed E-state index contributed by atoms with van der Waals surface area (Å²) < 4.78 is 0. The second kappa shape index (κ2) is 6.83. The van der Waals surface area contributed by atoms with Crippen LogP contribution in [0.5, 0.6) is 0 Å². The smallest absolute Gasteiger partial charge is 0.226 e. The molecule has 1 heterocycles. The van der Waals surface area contributed by atoms with Gasteiger partial charge in [-0.1, -0.05) is 12.1 Å². The van der Waals surface area contributed by atoms with E-state index in [0.29, 0.717) is 6.42 Å². The van der Waals surface area contributed by atoms with Gasteiger partial charge in [-0.3, -0.25) is 14.8 Å². The zero-order valence-corrected chi connectivity index (χ0v) is 12.6. The van der Waals surface area contributed by atoms with Gasteiger partial charge in [0.1, 0.15) is 0 Å². The second-order valence-electron chi connectivity index (χ2n) is 5.16. The molecule has 5 nitrogen and oxygen atoms in total. The van der Waals surface area contributed by atoms with Crippen LogP contribution in [0.4, 0.5) is 5.69 Å². The van der Waals surface area contributed by atoms with Gasteiger partial charge >= 0.3 is 0 Å². The van der Waals surface area contributed by atoms with Gasteiger partial charge in [0.25, 0.3) is 0 Å². The maximum Gasteiger partial charge on any atom is 0.226 e. The van der Waals surface area contributed by atoms with E-state index in [1.807, 2.05) is 31.2 Å². The number of nitrogens with one attached hydrogen (secondary N) is 1. The molecule has 0 spiro atoms. The first-order chi connectivity index (χ1) is 10.1. The minimum atomic E-state index is 0.0768. The Kier molecular flexibility index (Phi) is 4.87. The van der Waals surface area contributed by atoms with Crippen LogP contribution in [-0.2, 0) is 11.2 Å². The average Bonchev–Trinajstić information content (AvgIpc) is 2.50. The zero-order chi connectivity index (χ0) is 15.2. The van der Waals surface area contributed by atoms with Gasteiger partial charge in [0, 0.05) is 32.2 Å². The molecule has 0 radical (unpaired) electrons. The molecule has 1 atom stereocenters. The summed E-state index contributed by atoms with van der Waals surface area (Å²) in [7, 11) is 3.53. The Bertz CT molecular complexity index is 581. The van der Waals surface area contributed by atoms with Crippen LogP contribution in [0.25, 0.3) is 0 Å². The van der Waals surface area contributed by atoms with Crippen LogP contribution in [0.3, 0.4) is 0 Å². The van der Waals surface area contributed by atoms with Gasteiger partial charge in [-0.25, -0.2) is 0 Å². The average molecular weight is 284 g/mol. The third kappa shape index (κ3) is 4.27. The van der Waals surface area contributed by atoms with Crippen molar-refractivity contribution in [1.29, 1.82) is 0 Å². The molecule has 110 valence electrons. The van der Waals surface area contributed by atoms with E-state index in [9.17, 15) is 4.79 Å². The Labute approximate surface area is 125 Å². The summed E-state index contributed by atoms with van der Waals surface area (Å²) >= 11 is 0. The summed E-state index contributed by atoms with van der Waals surface area (Å²) in [5.41, 5.74) is 2.89. The number of carbonyl (C=O) groups is 1. The van der Waals surface area contributed by atoms with Crippen LogP contribution in [0.1, 0.15) is 24.2 Å². The summed E-state index contributed by atoms with van der Waals surface area (Å²) in [5.74, 6) is 0.101. The lowest BCUT2D eigenvalue weighted by molar-refractivity contribution is -0.127. The highest BCUT2D eigenvalue weighted by atomic mass is 16.2. The number of likely N-dealkylation sites (N-methyl/N-ethyl adjacent to an activating group) is 1. The Morgan fingerprint density at radius 3 is 2.52 bits per heavy atom. The fraction of sp³-hybridized carbons (Fsp3) is 0.312. The normalized spacial score (nSPS) is 11.8. The first kappa shape index (κ1) is 15.0. The van der Waals surface area contributed by atoms with Gasteiger partial charge in [0.2, 0.25) is 5.91 Å². The SMILES string of the molecule is CC(Nc1ccc(CC(=O)N(C)C)cc1)c1cnccn1. The van der Waals surface area contributed by atoms with E-state index in [1.54, 1.807) is 37.6 Å². The molecule has 1 N–H and O–H groups in total. The molecule has 0 bridgehead atoms. The molecule has 21 heavy (non-hydrogen) atoms. The Balaban J connectivity index is 1.98. The van der Waals surface area contributed by atoms with Crippen LogP contribution < -0.4 is 5.32 Å². The third-order valence-corrected chi connectivity index (χ3v) is 3.22. The number of aromatic nitrogens is 2. The summed E-state index contributed by atoms with van der Waals surface area (Å²) in [5, 5.41) is 3.36. The van der Waals surface area contributed by atoms with Gasteiger partial charge < -0.3 is 10.2 Å². The third-order valence-electron chi connectivity index (χ3n) is 3.22. The maximum absolute atomic E-state index is 11.7. The minimum Gasteiger partial charge on any atom is -0.377 e. The Hall–Kier alpha value is -2.43. The predicted molar refractivity (Wildman–Crippen MR) is 82.9 cm³/mol. The summed E-state index contributed by atoms with van der Waals surface area (Å²) in [6.45, 7) is 2.04. The predicted octanol–water partition coefficient (Wildman–Crippen LogP) is 2.28. The topological polar surface area (TPSA) is 58.1 Å². The molecule has 1 aromatic heterocycles. The second-order valence-corrected chi connectivity index (χ2v) is 5.16. The molecule has 0 aliphatic heterocycles. The number of nitrogens with zero attached hydrogens (tertiary/aromatic N) is 3. The number of hydrogen-bond donors (Lipinski definition) is 1. The molecule has 2 aromatic rings. The van der Waals surface area contributed by atoms with E-state index in [0.717, 1.165) is 16.9 Å². The molecule has 1 amide bonds. The standard InChI is InChI=1S/C16H20N4O/c1-12(15-11-17-8-9-18-15)19-14-6-4-13(5-7-14)10-16(21)20(2)3/h4-9,11-12,19H,10H2,1-3H3. The molecule has 5 heteroatoms. The molecule has 0 aliphatic carbocycles. The molecule has 2 rings (SSSR count). The van der Waals surface area contributed by atoms with Crippen molar-refractivity contribution in [2.45, 2.75) is 19.4 Å². The molecule has 0 fully saturated rings. The quantitative estimate of drug-likeness (QED) is 0.915. The van der Waals surface area contributed by atoms with E-state index in [4.69, 9.17) is 0 Å². The van der Waals surface area contributed by atoms with E-state index < -0.39 is 0 Å². The molecule has 0 aliphatic rings. The largest absolute Gasteiger partial charge is 0.377 e. The van der Waals surface area contributed by atoms with Crippen LogP contribution in [0.2, 0.25) is 0 Å². The van der Waals surface area contributed by atoms with Crippen molar-refractivity contribution in [3.63, 3.8) is 0 Å². The van der Waals surface area contributed by atoms with Crippen LogP contribution in [-0.4, -0.2) is 34.9 Å². The Morgan fingerprint density at radius 2 is 1.95 bits per heavy atom. The van der Waals surface area contributed by atoms with Crippen molar-refractivity contribution in [3.8, 4) is 0 Å². The van der Waals surface area contributed by atoms with E-state index in [2.05, 4.69) is 15.3 Å². The van der Waals surface area contributed by atoms with Gasteiger partial charge in [-0.2, -0.15) is 0 Å². The van der Waals surface area contributed by atoms with Crippen molar-refractivity contribution in [2.24, 2.45) is 0 Å². The van der Waals surface area contributed by atoms with Crippen molar-refractivity contribution in [2.75, 3.05) is 19.4 Å². The van der Waals surface area contributed by atoms with Gasteiger partial charge in [-0.05, 0) is 24.6 Å². The highest BCUT2D eigenvalue weighted by Gasteiger charge is 2.08. The van der Waals surface area contributed by atoms with Crippen LogP contribution in [0.15, 0.2) is 42.9 Å². The molecular weight excluding hydrogens is 264 g/mol. The molecular formula is C16H20N4O. The van der Waals surface area contributed by atoms with Crippen molar-refractivity contribution < 1.29 is 4.79 Å². The fourth-order valence-corrected chi connectivity index (χ4v) is 1.91. The number of hydrogen-bond acceptors (Lipinski definition) is 4. The summed E-state index contributed by atoms with van der Waals surface area (Å²) in [6.07, 6.45) is 5.52. The number of benzene rings is 1. The lowest BCUT2D eigenvalue weighted by Crippen LogP contribution is -2.23. The first-order valence-electron chi connectivity index (χ1n) is 6.88. The number of anilines is 1. The summed E-state index contributed by atoms with van der Waals surface area (Å²) in [6, 6.07) is 7.96. The molecule has 1 aromatic carbocycles. The van der Waals surface area contributed by atoms with Crippen molar-refractivity contribution >= 4 is 11.6 Å². The molecule has 1 unspecified atom stereocenters. The van der Waals surface area contributed by atoms with Gasteiger partial charge in [-0.15, -0.1) is 0 Å². The molecule has 0 saturated heterocycles. The molecule has 0 saturated carbocycles. The van der Waals surface area contributed by atoms with Gasteiger partial charge in [0.15, 0.2) is 0 Å².